The second-order valence-electron chi connectivity index (χ2n) is 4.11. The zero-order valence-electron chi connectivity index (χ0n) is 9.71. The first-order valence-corrected chi connectivity index (χ1v) is 7.93. The molecule has 1 N–H and O–H groups in total. The molecule has 0 saturated heterocycles. The fourth-order valence-electron chi connectivity index (χ4n) is 1.75. The van der Waals surface area contributed by atoms with Gasteiger partial charge >= 0.3 is 0 Å². The molecule has 0 amide bonds. The summed E-state index contributed by atoms with van der Waals surface area (Å²) in [6.45, 7) is 0. The van der Waals surface area contributed by atoms with Gasteiger partial charge in [0, 0.05) is 15.4 Å². The van der Waals surface area contributed by atoms with Gasteiger partial charge in [-0.3, -0.25) is 0 Å². The van der Waals surface area contributed by atoms with Gasteiger partial charge in [-0.1, -0.05) is 18.2 Å². The molecule has 2 aromatic rings. The molecular formula is C14H10Br3FO. The minimum absolute atomic E-state index is 0.318. The van der Waals surface area contributed by atoms with Crippen molar-refractivity contribution in [3.8, 4) is 0 Å². The summed E-state index contributed by atoms with van der Waals surface area (Å²) in [5.41, 5.74) is 1.53. The van der Waals surface area contributed by atoms with Crippen LogP contribution in [0.15, 0.2) is 49.8 Å². The van der Waals surface area contributed by atoms with Crippen LogP contribution in [0.5, 0.6) is 0 Å². The number of hydrogen-bond acceptors (Lipinski definition) is 1. The molecule has 2 rings (SSSR count). The van der Waals surface area contributed by atoms with Gasteiger partial charge in [-0.2, -0.15) is 0 Å². The molecule has 0 radical (unpaired) electrons. The highest BCUT2D eigenvalue weighted by Gasteiger charge is 2.13. The molecule has 1 nitrogen and oxygen atoms in total. The molecule has 0 aliphatic heterocycles. The summed E-state index contributed by atoms with van der Waals surface area (Å²) >= 11 is 9.98. The lowest BCUT2D eigenvalue weighted by Crippen LogP contribution is -2.03. The van der Waals surface area contributed by atoms with E-state index in [1.165, 1.54) is 6.07 Å². The highest BCUT2D eigenvalue weighted by atomic mass is 79.9. The first kappa shape index (κ1) is 15.2. The third kappa shape index (κ3) is 3.66. The van der Waals surface area contributed by atoms with E-state index < -0.39 is 6.10 Å². The lowest BCUT2D eigenvalue weighted by Gasteiger charge is -2.13. The average molecular weight is 453 g/mol. The Bertz CT molecular complexity index is 601. The van der Waals surface area contributed by atoms with Crippen molar-refractivity contribution in [2.24, 2.45) is 0 Å². The summed E-state index contributed by atoms with van der Waals surface area (Å²) < 4.78 is 15.6. The highest BCUT2D eigenvalue weighted by molar-refractivity contribution is 9.13. The predicted molar refractivity (Wildman–Crippen MR) is 84.6 cm³/mol. The molecule has 5 heteroatoms. The fraction of sp³-hybridized carbons (Fsp3) is 0.143. The highest BCUT2D eigenvalue weighted by Crippen LogP contribution is 2.30. The molecule has 0 aliphatic rings. The lowest BCUT2D eigenvalue weighted by molar-refractivity contribution is 0.178. The minimum Gasteiger partial charge on any atom is -0.388 e. The van der Waals surface area contributed by atoms with Crippen LogP contribution in [0.3, 0.4) is 0 Å². The van der Waals surface area contributed by atoms with E-state index in [2.05, 4.69) is 47.8 Å². The van der Waals surface area contributed by atoms with Gasteiger partial charge < -0.3 is 5.11 Å². The van der Waals surface area contributed by atoms with Crippen molar-refractivity contribution in [3.63, 3.8) is 0 Å². The van der Waals surface area contributed by atoms with Crippen LogP contribution >= 0.6 is 47.8 Å². The van der Waals surface area contributed by atoms with Crippen LogP contribution in [-0.2, 0) is 6.42 Å². The summed E-state index contributed by atoms with van der Waals surface area (Å²) in [6, 6.07) is 10.4. The summed E-state index contributed by atoms with van der Waals surface area (Å²) in [4.78, 5) is 0. The summed E-state index contributed by atoms with van der Waals surface area (Å²) in [5, 5.41) is 10.2. The molecule has 0 aliphatic carbocycles. The molecule has 0 aromatic heterocycles. The van der Waals surface area contributed by atoms with Crippen molar-refractivity contribution in [2.45, 2.75) is 12.5 Å². The average Bonchev–Trinajstić information content (AvgIpc) is 2.38. The molecule has 19 heavy (non-hydrogen) atoms. The van der Waals surface area contributed by atoms with Gasteiger partial charge in [-0.05, 0) is 77.1 Å². The first-order chi connectivity index (χ1) is 8.99. The molecule has 0 bridgehead atoms. The van der Waals surface area contributed by atoms with E-state index in [4.69, 9.17) is 0 Å². The smallest absolute Gasteiger partial charge is 0.137 e. The maximum atomic E-state index is 13.4. The van der Waals surface area contributed by atoms with E-state index in [1.807, 2.05) is 18.2 Å². The van der Waals surface area contributed by atoms with Gasteiger partial charge in [0.05, 0.1) is 10.6 Å². The second kappa shape index (κ2) is 6.48. The Morgan fingerprint density at radius 3 is 2.47 bits per heavy atom. The number of halogens is 4. The van der Waals surface area contributed by atoms with Crippen molar-refractivity contribution < 1.29 is 9.50 Å². The second-order valence-corrected chi connectivity index (χ2v) is 6.61. The molecule has 0 saturated carbocycles. The van der Waals surface area contributed by atoms with Crippen molar-refractivity contribution in [1.29, 1.82) is 0 Å². The zero-order valence-corrected chi connectivity index (χ0v) is 14.5. The topological polar surface area (TPSA) is 20.2 Å². The van der Waals surface area contributed by atoms with Gasteiger partial charge in [0.25, 0.3) is 0 Å². The Hall–Kier alpha value is -0.230. The number of aliphatic hydroxyl groups excluding tert-OH is 1. The fourth-order valence-corrected chi connectivity index (χ4v) is 2.82. The molecule has 1 atom stereocenters. The number of hydrogen-bond donors (Lipinski definition) is 1. The SMILES string of the molecule is OC(Cc1cccc(F)c1Br)c1ccc(Br)c(Br)c1. The van der Waals surface area contributed by atoms with E-state index in [-0.39, 0.29) is 5.82 Å². The Morgan fingerprint density at radius 2 is 1.79 bits per heavy atom. The van der Waals surface area contributed by atoms with E-state index in [0.717, 1.165) is 20.1 Å². The van der Waals surface area contributed by atoms with Crippen molar-refractivity contribution in [2.75, 3.05) is 0 Å². The van der Waals surface area contributed by atoms with E-state index >= 15 is 0 Å². The summed E-state index contributed by atoms with van der Waals surface area (Å²) in [6.07, 6.45) is -0.325. The quantitative estimate of drug-likeness (QED) is 0.662. The van der Waals surface area contributed by atoms with Crippen LogP contribution < -0.4 is 0 Å². The van der Waals surface area contributed by atoms with Crippen LogP contribution in [0.1, 0.15) is 17.2 Å². The first-order valence-electron chi connectivity index (χ1n) is 5.55. The maximum Gasteiger partial charge on any atom is 0.137 e. The number of benzene rings is 2. The van der Waals surface area contributed by atoms with E-state index in [0.29, 0.717) is 10.9 Å². The standard InChI is InChI=1S/C14H10Br3FO/c15-10-5-4-8(6-11(10)16)13(19)7-9-2-1-3-12(18)14(9)17/h1-6,13,19H,7H2. The molecule has 2 aromatic carbocycles. The normalized spacial score (nSPS) is 12.5. The van der Waals surface area contributed by atoms with E-state index in [9.17, 15) is 9.50 Å². The summed E-state index contributed by atoms with van der Waals surface area (Å²) in [5.74, 6) is -0.318. The van der Waals surface area contributed by atoms with Gasteiger partial charge in [0.15, 0.2) is 0 Å². The molecule has 0 fully saturated rings. The van der Waals surface area contributed by atoms with Crippen LogP contribution in [0.4, 0.5) is 4.39 Å². The van der Waals surface area contributed by atoms with Crippen molar-refractivity contribution >= 4 is 47.8 Å². The molecule has 1 unspecified atom stereocenters. The lowest BCUT2D eigenvalue weighted by atomic mass is 10.0. The zero-order chi connectivity index (χ0) is 14.0. The maximum absolute atomic E-state index is 13.4. The third-order valence-corrected chi connectivity index (χ3v) is 5.54. The summed E-state index contributed by atoms with van der Waals surface area (Å²) in [7, 11) is 0. The Labute approximate surface area is 136 Å². The van der Waals surface area contributed by atoms with Crippen LogP contribution in [0.2, 0.25) is 0 Å². The molecular weight excluding hydrogens is 443 g/mol. The van der Waals surface area contributed by atoms with Gasteiger partial charge in [-0.25, -0.2) is 4.39 Å². The monoisotopic (exact) mass is 450 g/mol. The Morgan fingerprint density at radius 1 is 1.05 bits per heavy atom. The van der Waals surface area contributed by atoms with E-state index in [1.54, 1.807) is 12.1 Å². The Kier molecular flexibility index (Phi) is 5.17. The van der Waals surface area contributed by atoms with Gasteiger partial charge in [0.1, 0.15) is 5.82 Å². The number of aliphatic hydroxyl groups is 1. The third-order valence-electron chi connectivity index (χ3n) is 2.77. The van der Waals surface area contributed by atoms with Crippen LogP contribution in [0, 0.1) is 5.82 Å². The molecule has 100 valence electrons. The van der Waals surface area contributed by atoms with Crippen LogP contribution in [0.25, 0.3) is 0 Å². The number of rotatable bonds is 3. The van der Waals surface area contributed by atoms with Gasteiger partial charge in [-0.15, -0.1) is 0 Å². The molecule has 0 spiro atoms. The minimum atomic E-state index is -0.678. The Balaban J connectivity index is 2.23. The van der Waals surface area contributed by atoms with Crippen molar-refractivity contribution in [1.82, 2.24) is 0 Å². The predicted octanol–water partition coefficient (Wildman–Crippen LogP) is 5.39. The van der Waals surface area contributed by atoms with Crippen molar-refractivity contribution in [3.05, 3.63) is 66.8 Å². The van der Waals surface area contributed by atoms with Gasteiger partial charge in [0.2, 0.25) is 0 Å². The largest absolute Gasteiger partial charge is 0.388 e. The molecule has 0 heterocycles. The van der Waals surface area contributed by atoms with Crippen LogP contribution in [-0.4, -0.2) is 5.11 Å².